The van der Waals surface area contributed by atoms with Crippen LogP contribution in [0.25, 0.3) is 12.2 Å². The zero-order chi connectivity index (χ0) is 36.1. The van der Waals surface area contributed by atoms with E-state index in [0.29, 0.717) is 30.3 Å². The van der Waals surface area contributed by atoms with Gasteiger partial charge in [-0.1, -0.05) is 90.5 Å². The summed E-state index contributed by atoms with van der Waals surface area (Å²) < 4.78 is 24.0. The van der Waals surface area contributed by atoms with Crippen molar-refractivity contribution in [3.05, 3.63) is 102 Å². The van der Waals surface area contributed by atoms with Crippen molar-refractivity contribution in [3.8, 4) is 23.0 Å². The number of carbonyl (C=O) groups excluding carboxylic acids is 1. The molecule has 272 valence electrons. The first-order valence-electron chi connectivity index (χ1n) is 19.0. The Labute approximate surface area is 306 Å². The molecule has 4 rings (SSSR count). The Kier molecular flexibility index (Phi) is 17.0. The summed E-state index contributed by atoms with van der Waals surface area (Å²) >= 11 is 0. The molecule has 0 atom stereocenters. The smallest absolute Gasteiger partial charge is 0.153 e. The predicted molar refractivity (Wildman–Crippen MR) is 213 cm³/mol. The number of anilines is 3. The van der Waals surface area contributed by atoms with Crippen molar-refractivity contribution in [2.45, 2.75) is 91.9 Å². The minimum absolute atomic E-state index is 0.495. The van der Waals surface area contributed by atoms with Crippen LogP contribution in [0.3, 0.4) is 0 Å². The van der Waals surface area contributed by atoms with Crippen molar-refractivity contribution in [1.29, 1.82) is 0 Å². The summed E-state index contributed by atoms with van der Waals surface area (Å²) in [6.45, 7) is 11.1. The summed E-state index contributed by atoms with van der Waals surface area (Å²) in [5.74, 6) is 3.01. The molecule has 0 saturated heterocycles. The third-order valence-electron chi connectivity index (χ3n) is 8.52. The van der Waals surface area contributed by atoms with Crippen molar-refractivity contribution in [3.63, 3.8) is 0 Å². The SMILES string of the molecule is CCCCCCOc1ccc(N(c2ccc(/C=C/c3cc(OCCC)c(C=O)cc3OCCC)cc2)c2ccc(OCCCCCC)cc2)cc1. The van der Waals surface area contributed by atoms with E-state index in [9.17, 15) is 4.79 Å². The molecule has 0 fully saturated rings. The van der Waals surface area contributed by atoms with E-state index in [4.69, 9.17) is 18.9 Å². The number of hydrogen-bond donors (Lipinski definition) is 0. The summed E-state index contributed by atoms with van der Waals surface area (Å²) in [6.07, 6.45) is 16.1. The van der Waals surface area contributed by atoms with Crippen LogP contribution in [0.2, 0.25) is 0 Å². The lowest BCUT2D eigenvalue weighted by Crippen LogP contribution is -2.10. The molecule has 6 nitrogen and oxygen atoms in total. The molecule has 0 aromatic heterocycles. The van der Waals surface area contributed by atoms with Gasteiger partial charge in [0, 0.05) is 22.6 Å². The highest BCUT2D eigenvalue weighted by atomic mass is 16.5. The zero-order valence-corrected chi connectivity index (χ0v) is 31.2. The molecule has 0 aliphatic heterocycles. The van der Waals surface area contributed by atoms with Crippen molar-refractivity contribution in [2.75, 3.05) is 31.3 Å². The molecule has 0 heterocycles. The molecule has 4 aromatic rings. The molecular formula is C45H57NO5. The average Bonchev–Trinajstić information content (AvgIpc) is 3.17. The fourth-order valence-electron chi connectivity index (χ4n) is 5.68. The van der Waals surface area contributed by atoms with E-state index in [0.717, 1.165) is 84.9 Å². The number of benzene rings is 4. The van der Waals surface area contributed by atoms with Gasteiger partial charge in [0.05, 0.1) is 32.0 Å². The number of rotatable bonds is 24. The van der Waals surface area contributed by atoms with Crippen LogP contribution in [0.15, 0.2) is 84.9 Å². The molecule has 0 amide bonds. The molecule has 4 aromatic carbocycles. The van der Waals surface area contributed by atoms with Crippen LogP contribution >= 0.6 is 0 Å². The van der Waals surface area contributed by atoms with Crippen LogP contribution in [0.4, 0.5) is 17.1 Å². The average molecular weight is 692 g/mol. The zero-order valence-electron chi connectivity index (χ0n) is 31.2. The quantitative estimate of drug-likeness (QED) is 0.0414. The van der Waals surface area contributed by atoms with Crippen LogP contribution in [-0.2, 0) is 0 Å². The van der Waals surface area contributed by atoms with E-state index >= 15 is 0 Å². The van der Waals surface area contributed by atoms with Crippen molar-refractivity contribution >= 4 is 35.5 Å². The second-order valence-corrected chi connectivity index (χ2v) is 12.8. The molecule has 0 bridgehead atoms. The van der Waals surface area contributed by atoms with Gasteiger partial charge < -0.3 is 23.8 Å². The first kappa shape index (κ1) is 39.1. The Bertz CT molecular complexity index is 1540. The predicted octanol–water partition coefficient (Wildman–Crippen LogP) is 12.6. The van der Waals surface area contributed by atoms with E-state index < -0.39 is 0 Å². The third kappa shape index (κ3) is 12.5. The maximum Gasteiger partial charge on any atom is 0.153 e. The number of ether oxygens (including phenoxy) is 4. The molecular weight excluding hydrogens is 634 g/mol. The van der Waals surface area contributed by atoms with Gasteiger partial charge in [-0.3, -0.25) is 4.79 Å². The molecule has 6 heteroatoms. The fraction of sp³-hybridized carbons (Fsp3) is 0.400. The van der Waals surface area contributed by atoms with Gasteiger partial charge in [-0.2, -0.15) is 0 Å². The Morgan fingerprint density at radius 2 is 0.922 bits per heavy atom. The highest BCUT2D eigenvalue weighted by molar-refractivity contribution is 5.84. The minimum atomic E-state index is 0.495. The largest absolute Gasteiger partial charge is 0.494 e. The van der Waals surface area contributed by atoms with Gasteiger partial charge in [-0.15, -0.1) is 0 Å². The molecule has 0 N–H and O–H groups in total. The van der Waals surface area contributed by atoms with Crippen LogP contribution in [-0.4, -0.2) is 32.7 Å². The highest BCUT2D eigenvalue weighted by Gasteiger charge is 2.14. The second kappa shape index (κ2) is 22.2. The summed E-state index contributed by atoms with van der Waals surface area (Å²) in [5.41, 5.74) is 5.51. The lowest BCUT2D eigenvalue weighted by molar-refractivity contribution is 0.111. The van der Waals surface area contributed by atoms with E-state index in [1.165, 1.54) is 38.5 Å². The number of aldehydes is 1. The molecule has 51 heavy (non-hydrogen) atoms. The van der Waals surface area contributed by atoms with Gasteiger partial charge in [0.2, 0.25) is 0 Å². The highest BCUT2D eigenvalue weighted by Crippen LogP contribution is 2.37. The number of nitrogens with zero attached hydrogens (tertiary/aromatic N) is 1. The minimum Gasteiger partial charge on any atom is -0.494 e. The number of unbranched alkanes of at least 4 members (excludes halogenated alkanes) is 6. The number of hydrogen-bond acceptors (Lipinski definition) is 6. The van der Waals surface area contributed by atoms with Crippen LogP contribution in [0, 0.1) is 0 Å². The molecule has 0 unspecified atom stereocenters. The number of carbonyl (C=O) groups is 1. The van der Waals surface area contributed by atoms with Gasteiger partial charge in [0.25, 0.3) is 0 Å². The molecule has 0 spiro atoms. The standard InChI is InChI=1S/C45H57NO5/c1-5-9-11-13-31-48-42-25-21-40(22-26-42)46(41-23-27-43(28-24-41)49-32-14-12-10-6-2)39-19-16-36(17-20-39)15-18-37-33-45(51-30-8-4)38(35-47)34-44(37)50-29-7-3/h15-28,33-35H,5-14,29-32H2,1-4H3/b18-15+. The van der Waals surface area contributed by atoms with Crippen molar-refractivity contribution in [2.24, 2.45) is 0 Å². The van der Waals surface area contributed by atoms with Gasteiger partial charge in [0.1, 0.15) is 23.0 Å². The van der Waals surface area contributed by atoms with Crippen LogP contribution in [0.1, 0.15) is 113 Å². The van der Waals surface area contributed by atoms with E-state index in [1.807, 2.05) is 19.1 Å². The Balaban J connectivity index is 1.58. The summed E-state index contributed by atoms with van der Waals surface area (Å²) in [4.78, 5) is 14.1. The molecule has 0 saturated carbocycles. The monoisotopic (exact) mass is 691 g/mol. The van der Waals surface area contributed by atoms with Crippen molar-refractivity contribution < 1.29 is 23.7 Å². The molecule has 0 radical (unpaired) electrons. The lowest BCUT2D eigenvalue weighted by Gasteiger charge is -2.26. The lowest BCUT2D eigenvalue weighted by atomic mass is 10.1. The Hall–Kier alpha value is -4.71. The normalized spacial score (nSPS) is 11.1. The van der Waals surface area contributed by atoms with Gasteiger partial charge in [-0.05, 0) is 104 Å². The van der Waals surface area contributed by atoms with Crippen LogP contribution < -0.4 is 23.8 Å². The van der Waals surface area contributed by atoms with Crippen molar-refractivity contribution in [1.82, 2.24) is 0 Å². The maximum absolute atomic E-state index is 11.8. The van der Waals surface area contributed by atoms with E-state index in [-0.39, 0.29) is 0 Å². The summed E-state index contributed by atoms with van der Waals surface area (Å²) in [5, 5.41) is 0. The molecule has 0 aliphatic rings. The Morgan fingerprint density at radius 1 is 0.471 bits per heavy atom. The van der Waals surface area contributed by atoms with E-state index in [1.54, 1.807) is 6.07 Å². The van der Waals surface area contributed by atoms with Gasteiger partial charge in [0.15, 0.2) is 6.29 Å². The summed E-state index contributed by atoms with van der Waals surface area (Å²) in [6, 6.07) is 28.9. The van der Waals surface area contributed by atoms with Gasteiger partial charge >= 0.3 is 0 Å². The maximum atomic E-state index is 11.8. The topological polar surface area (TPSA) is 57.2 Å². The first-order chi connectivity index (χ1) is 25.1. The first-order valence-corrected chi connectivity index (χ1v) is 19.0. The Morgan fingerprint density at radius 3 is 1.37 bits per heavy atom. The van der Waals surface area contributed by atoms with E-state index in [2.05, 4.69) is 105 Å². The van der Waals surface area contributed by atoms with Gasteiger partial charge in [-0.25, -0.2) is 0 Å². The van der Waals surface area contributed by atoms with Crippen LogP contribution in [0.5, 0.6) is 23.0 Å². The second-order valence-electron chi connectivity index (χ2n) is 12.8. The summed E-state index contributed by atoms with van der Waals surface area (Å²) in [7, 11) is 0. The molecule has 0 aliphatic carbocycles. The fourth-order valence-corrected chi connectivity index (χ4v) is 5.68. The third-order valence-corrected chi connectivity index (χ3v) is 8.52.